The van der Waals surface area contributed by atoms with Crippen LogP contribution >= 0.6 is 15.9 Å². The fraction of sp³-hybridized carbons (Fsp3) is 0.333. The van der Waals surface area contributed by atoms with E-state index in [9.17, 15) is 8.42 Å². The molecule has 0 heterocycles. The molecule has 0 unspecified atom stereocenters. The summed E-state index contributed by atoms with van der Waals surface area (Å²) in [7, 11) is -0.666. The molecule has 0 aliphatic carbocycles. The first-order chi connectivity index (χ1) is 8.81. The number of halogens is 1. The summed E-state index contributed by atoms with van der Waals surface area (Å²) in [6.07, 6.45) is 0. The van der Waals surface area contributed by atoms with E-state index in [-0.39, 0.29) is 11.4 Å². The van der Waals surface area contributed by atoms with Gasteiger partial charge in [-0.3, -0.25) is 0 Å². The van der Waals surface area contributed by atoms with Crippen molar-refractivity contribution in [2.45, 2.75) is 11.8 Å². The molecule has 1 aromatic carbocycles. The van der Waals surface area contributed by atoms with Crippen molar-refractivity contribution in [1.29, 1.82) is 0 Å². The summed E-state index contributed by atoms with van der Waals surface area (Å²) in [4.78, 5) is 0.152. The zero-order valence-corrected chi connectivity index (χ0v) is 13.4. The minimum absolute atomic E-state index is 0.121. The average molecular weight is 350 g/mol. The lowest BCUT2D eigenvalue weighted by atomic mass is 10.2. The predicted molar refractivity (Wildman–Crippen MR) is 77.5 cm³/mol. The van der Waals surface area contributed by atoms with Gasteiger partial charge in [0.1, 0.15) is 0 Å². The van der Waals surface area contributed by atoms with Crippen LogP contribution in [0.4, 0.5) is 0 Å². The summed E-state index contributed by atoms with van der Waals surface area (Å²) in [6, 6.07) is 3.06. The Morgan fingerprint density at radius 2 is 1.84 bits per heavy atom. The highest BCUT2D eigenvalue weighted by atomic mass is 79.9. The second kappa shape index (κ2) is 6.40. The highest BCUT2D eigenvalue weighted by molar-refractivity contribution is 9.11. The van der Waals surface area contributed by atoms with E-state index in [2.05, 4.69) is 27.2 Å². The summed E-state index contributed by atoms with van der Waals surface area (Å²) in [5.41, 5.74) is 0.574. The van der Waals surface area contributed by atoms with Crippen molar-refractivity contribution in [2.75, 3.05) is 20.8 Å². The Morgan fingerprint density at radius 3 is 2.32 bits per heavy atom. The molecular formula is C12H16BrNO4S. The monoisotopic (exact) mass is 349 g/mol. The van der Waals surface area contributed by atoms with Crippen molar-refractivity contribution in [1.82, 2.24) is 4.72 Å². The van der Waals surface area contributed by atoms with E-state index in [0.29, 0.717) is 21.5 Å². The van der Waals surface area contributed by atoms with E-state index in [1.807, 2.05) is 0 Å². The molecule has 5 nitrogen and oxygen atoms in total. The van der Waals surface area contributed by atoms with Gasteiger partial charge in [0, 0.05) is 17.1 Å². The first-order valence-corrected chi connectivity index (χ1v) is 7.65. The number of nitrogens with one attached hydrogen (secondary N) is 1. The molecule has 0 saturated heterocycles. The van der Waals surface area contributed by atoms with Gasteiger partial charge in [0.2, 0.25) is 10.0 Å². The minimum Gasteiger partial charge on any atom is -0.493 e. The van der Waals surface area contributed by atoms with Gasteiger partial charge >= 0.3 is 0 Å². The van der Waals surface area contributed by atoms with Gasteiger partial charge < -0.3 is 9.47 Å². The Bertz CT molecular complexity index is 584. The molecule has 19 heavy (non-hydrogen) atoms. The van der Waals surface area contributed by atoms with Crippen LogP contribution in [0.3, 0.4) is 0 Å². The van der Waals surface area contributed by atoms with Gasteiger partial charge in [0.25, 0.3) is 0 Å². The lowest BCUT2D eigenvalue weighted by molar-refractivity contribution is 0.353. The van der Waals surface area contributed by atoms with Crippen molar-refractivity contribution in [3.05, 3.63) is 28.8 Å². The Kier molecular flexibility index (Phi) is 5.39. The fourth-order valence-electron chi connectivity index (χ4n) is 1.50. The Labute approximate surface area is 121 Å². The number of methoxy groups -OCH3 is 2. The standard InChI is InChI=1S/C12H16BrNO4S/c1-8-5-10(17-3)11(18-4)6-12(8)19(15,16)14-7-9(2)13/h5-6,14H,2,7H2,1,3-4H3. The Hall–Kier alpha value is -1.05. The van der Waals surface area contributed by atoms with Gasteiger partial charge in [-0.2, -0.15) is 0 Å². The van der Waals surface area contributed by atoms with Crippen molar-refractivity contribution in [3.63, 3.8) is 0 Å². The zero-order chi connectivity index (χ0) is 14.6. The van der Waals surface area contributed by atoms with Crippen LogP contribution in [0.15, 0.2) is 28.1 Å². The van der Waals surface area contributed by atoms with Crippen molar-refractivity contribution >= 4 is 26.0 Å². The number of rotatable bonds is 6. The maximum Gasteiger partial charge on any atom is 0.241 e. The van der Waals surface area contributed by atoms with E-state index in [4.69, 9.17) is 9.47 Å². The fourth-order valence-corrected chi connectivity index (χ4v) is 3.09. The van der Waals surface area contributed by atoms with Crippen LogP contribution in [0.25, 0.3) is 0 Å². The number of hydrogen-bond acceptors (Lipinski definition) is 4. The second-order valence-electron chi connectivity index (χ2n) is 3.81. The minimum atomic E-state index is -3.62. The molecule has 0 radical (unpaired) electrons. The van der Waals surface area contributed by atoms with Crippen LogP contribution in [0, 0.1) is 6.92 Å². The van der Waals surface area contributed by atoms with E-state index in [0.717, 1.165) is 0 Å². The number of aryl methyl sites for hydroxylation is 1. The molecule has 0 fully saturated rings. The normalized spacial score (nSPS) is 11.2. The topological polar surface area (TPSA) is 64.6 Å². The first-order valence-electron chi connectivity index (χ1n) is 5.37. The molecule has 0 bridgehead atoms. The molecule has 0 aromatic heterocycles. The molecule has 0 amide bonds. The van der Waals surface area contributed by atoms with Crippen LogP contribution in [-0.2, 0) is 10.0 Å². The van der Waals surface area contributed by atoms with Crippen LogP contribution in [0.5, 0.6) is 11.5 Å². The number of benzene rings is 1. The molecule has 1 N–H and O–H groups in total. The van der Waals surface area contributed by atoms with E-state index in [1.165, 1.54) is 20.3 Å². The maximum atomic E-state index is 12.2. The average Bonchev–Trinajstić information content (AvgIpc) is 2.35. The van der Waals surface area contributed by atoms with Crippen LogP contribution in [0.1, 0.15) is 5.56 Å². The largest absolute Gasteiger partial charge is 0.493 e. The third-order valence-electron chi connectivity index (χ3n) is 2.42. The molecule has 0 spiro atoms. The summed E-state index contributed by atoms with van der Waals surface area (Å²) < 4.78 is 37.5. The van der Waals surface area contributed by atoms with Crippen LogP contribution in [-0.4, -0.2) is 29.2 Å². The lowest BCUT2D eigenvalue weighted by Crippen LogP contribution is -2.25. The summed E-state index contributed by atoms with van der Waals surface area (Å²) >= 11 is 3.10. The molecule has 0 saturated carbocycles. The van der Waals surface area contributed by atoms with Crippen molar-refractivity contribution < 1.29 is 17.9 Å². The third kappa shape index (κ3) is 3.95. The van der Waals surface area contributed by atoms with Gasteiger partial charge in [-0.1, -0.05) is 22.5 Å². The SMILES string of the molecule is C=C(Br)CNS(=O)(=O)c1cc(OC)c(OC)cc1C. The molecule has 7 heteroatoms. The molecule has 1 rings (SSSR count). The summed E-state index contributed by atoms with van der Waals surface area (Å²) in [5, 5.41) is 0. The molecule has 106 valence electrons. The second-order valence-corrected chi connectivity index (χ2v) is 6.67. The third-order valence-corrected chi connectivity index (χ3v) is 4.25. The van der Waals surface area contributed by atoms with Crippen molar-refractivity contribution in [3.8, 4) is 11.5 Å². The van der Waals surface area contributed by atoms with E-state index < -0.39 is 10.0 Å². The smallest absolute Gasteiger partial charge is 0.241 e. The van der Waals surface area contributed by atoms with Crippen LogP contribution < -0.4 is 14.2 Å². The Morgan fingerprint density at radius 1 is 1.32 bits per heavy atom. The van der Waals surface area contributed by atoms with Gasteiger partial charge in [0.15, 0.2) is 11.5 Å². The number of sulfonamides is 1. The summed E-state index contributed by atoms with van der Waals surface area (Å²) in [6.45, 7) is 5.40. The molecular weight excluding hydrogens is 334 g/mol. The van der Waals surface area contributed by atoms with Gasteiger partial charge in [0.05, 0.1) is 19.1 Å². The number of ether oxygens (including phenoxy) is 2. The maximum absolute atomic E-state index is 12.2. The van der Waals surface area contributed by atoms with Gasteiger partial charge in [-0.25, -0.2) is 13.1 Å². The molecule has 0 aliphatic rings. The predicted octanol–water partition coefficient (Wildman–Crippen LogP) is 2.20. The molecule has 0 atom stereocenters. The first kappa shape index (κ1) is 16.0. The van der Waals surface area contributed by atoms with E-state index in [1.54, 1.807) is 13.0 Å². The quantitative estimate of drug-likeness (QED) is 0.854. The van der Waals surface area contributed by atoms with Gasteiger partial charge in [-0.15, -0.1) is 0 Å². The van der Waals surface area contributed by atoms with Gasteiger partial charge in [-0.05, 0) is 18.6 Å². The van der Waals surface area contributed by atoms with Crippen LogP contribution in [0.2, 0.25) is 0 Å². The number of hydrogen-bond donors (Lipinski definition) is 1. The lowest BCUT2D eigenvalue weighted by Gasteiger charge is -2.13. The van der Waals surface area contributed by atoms with E-state index >= 15 is 0 Å². The summed E-state index contributed by atoms with van der Waals surface area (Å²) in [5.74, 6) is 0.856. The molecule has 0 aliphatic heterocycles. The highest BCUT2D eigenvalue weighted by Gasteiger charge is 2.20. The van der Waals surface area contributed by atoms with Crippen molar-refractivity contribution in [2.24, 2.45) is 0 Å². The highest BCUT2D eigenvalue weighted by Crippen LogP contribution is 2.32. The Balaban J connectivity index is 3.23. The molecule has 1 aromatic rings. The zero-order valence-electron chi connectivity index (χ0n) is 11.0.